The first-order valence-electron chi connectivity index (χ1n) is 5.51. The molecule has 1 heterocycles. The SMILES string of the molecule is O=C(O)CCc1[nH]ncc1C1CCCC1. The van der Waals surface area contributed by atoms with Crippen LogP contribution in [0.5, 0.6) is 0 Å². The molecule has 1 aliphatic rings. The van der Waals surface area contributed by atoms with E-state index in [1.54, 1.807) is 0 Å². The quantitative estimate of drug-likeness (QED) is 0.796. The van der Waals surface area contributed by atoms with Crippen LogP contribution < -0.4 is 0 Å². The molecule has 0 bridgehead atoms. The monoisotopic (exact) mass is 208 g/mol. The van der Waals surface area contributed by atoms with Crippen molar-refractivity contribution in [1.82, 2.24) is 10.2 Å². The van der Waals surface area contributed by atoms with Crippen LogP contribution in [-0.2, 0) is 11.2 Å². The predicted octanol–water partition coefficient (Wildman–Crippen LogP) is 2.08. The Hall–Kier alpha value is -1.32. The molecule has 0 aliphatic heterocycles. The summed E-state index contributed by atoms with van der Waals surface area (Å²) < 4.78 is 0. The number of aryl methyl sites for hydroxylation is 1. The van der Waals surface area contributed by atoms with Crippen LogP contribution in [-0.4, -0.2) is 21.3 Å². The number of nitrogens with one attached hydrogen (secondary N) is 1. The lowest BCUT2D eigenvalue weighted by molar-refractivity contribution is -0.136. The first-order valence-corrected chi connectivity index (χ1v) is 5.51. The van der Waals surface area contributed by atoms with E-state index in [0.29, 0.717) is 12.3 Å². The lowest BCUT2D eigenvalue weighted by Gasteiger charge is -2.08. The third-order valence-corrected chi connectivity index (χ3v) is 3.14. The van der Waals surface area contributed by atoms with Crippen LogP contribution in [0.1, 0.15) is 49.3 Å². The standard InChI is InChI=1S/C11H16N2O2/c14-11(15)6-5-10-9(7-12-13-10)8-3-1-2-4-8/h7-8H,1-6H2,(H,12,13)(H,14,15). The van der Waals surface area contributed by atoms with E-state index in [0.717, 1.165) is 5.69 Å². The van der Waals surface area contributed by atoms with Crippen LogP contribution in [0.25, 0.3) is 0 Å². The zero-order valence-corrected chi connectivity index (χ0v) is 8.70. The Morgan fingerprint density at radius 2 is 2.27 bits per heavy atom. The molecule has 1 aromatic heterocycles. The number of rotatable bonds is 4. The highest BCUT2D eigenvalue weighted by Crippen LogP contribution is 2.35. The van der Waals surface area contributed by atoms with Gasteiger partial charge in [-0.3, -0.25) is 9.89 Å². The summed E-state index contributed by atoms with van der Waals surface area (Å²) in [6.45, 7) is 0. The molecular weight excluding hydrogens is 192 g/mol. The van der Waals surface area contributed by atoms with Gasteiger partial charge in [0.1, 0.15) is 0 Å². The highest BCUT2D eigenvalue weighted by molar-refractivity contribution is 5.67. The highest BCUT2D eigenvalue weighted by atomic mass is 16.4. The lowest BCUT2D eigenvalue weighted by Crippen LogP contribution is -2.02. The molecule has 15 heavy (non-hydrogen) atoms. The van der Waals surface area contributed by atoms with E-state index in [2.05, 4.69) is 10.2 Å². The molecule has 0 aromatic carbocycles. The Labute approximate surface area is 88.7 Å². The van der Waals surface area contributed by atoms with Crippen molar-refractivity contribution < 1.29 is 9.90 Å². The Kier molecular flexibility index (Phi) is 3.04. The number of nitrogens with zero attached hydrogens (tertiary/aromatic N) is 1. The zero-order valence-electron chi connectivity index (χ0n) is 8.70. The normalized spacial score (nSPS) is 17.1. The van der Waals surface area contributed by atoms with Crippen LogP contribution in [0.4, 0.5) is 0 Å². The lowest BCUT2D eigenvalue weighted by atomic mass is 9.97. The summed E-state index contributed by atoms with van der Waals surface area (Å²) in [7, 11) is 0. The Morgan fingerprint density at radius 3 is 2.93 bits per heavy atom. The first-order chi connectivity index (χ1) is 7.27. The second-order valence-corrected chi connectivity index (χ2v) is 4.18. The van der Waals surface area contributed by atoms with E-state index in [4.69, 9.17) is 5.11 Å². The number of hydrogen-bond donors (Lipinski definition) is 2. The fraction of sp³-hybridized carbons (Fsp3) is 0.636. The maximum absolute atomic E-state index is 10.5. The Bertz CT molecular complexity index is 340. The van der Waals surface area contributed by atoms with Gasteiger partial charge < -0.3 is 5.11 Å². The van der Waals surface area contributed by atoms with Crippen LogP contribution >= 0.6 is 0 Å². The summed E-state index contributed by atoms with van der Waals surface area (Å²) in [6, 6.07) is 0. The van der Waals surface area contributed by atoms with Gasteiger partial charge in [-0.05, 0) is 30.7 Å². The molecule has 0 radical (unpaired) electrons. The van der Waals surface area contributed by atoms with Crippen LogP contribution in [0.2, 0.25) is 0 Å². The van der Waals surface area contributed by atoms with Crippen LogP contribution in [0.3, 0.4) is 0 Å². The van der Waals surface area contributed by atoms with E-state index >= 15 is 0 Å². The predicted molar refractivity (Wildman–Crippen MR) is 55.8 cm³/mol. The van der Waals surface area contributed by atoms with Crippen molar-refractivity contribution in [2.75, 3.05) is 0 Å². The van der Waals surface area contributed by atoms with E-state index in [1.165, 1.54) is 31.2 Å². The number of carboxylic acids is 1. The number of hydrogen-bond acceptors (Lipinski definition) is 2. The number of carboxylic acid groups (broad SMARTS) is 1. The third-order valence-electron chi connectivity index (χ3n) is 3.14. The van der Waals surface area contributed by atoms with E-state index in [-0.39, 0.29) is 6.42 Å². The smallest absolute Gasteiger partial charge is 0.303 e. The Balaban J connectivity index is 2.04. The molecule has 1 fully saturated rings. The Morgan fingerprint density at radius 1 is 1.53 bits per heavy atom. The van der Waals surface area contributed by atoms with Gasteiger partial charge >= 0.3 is 5.97 Å². The van der Waals surface area contributed by atoms with Crippen molar-refractivity contribution in [3.8, 4) is 0 Å². The fourth-order valence-corrected chi connectivity index (χ4v) is 2.34. The van der Waals surface area contributed by atoms with Crippen molar-refractivity contribution in [2.24, 2.45) is 0 Å². The summed E-state index contributed by atoms with van der Waals surface area (Å²) in [4.78, 5) is 10.5. The average molecular weight is 208 g/mol. The van der Waals surface area contributed by atoms with Gasteiger partial charge in [-0.1, -0.05) is 12.8 Å². The first kappa shape index (κ1) is 10.2. The van der Waals surface area contributed by atoms with Crippen molar-refractivity contribution >= 4 is 5.97 Å². The molecule has 0 amide bonds. The summed E-state index contributed by atoms with van der Waals surface area (Å²) in [5.74, 6) is -0.144. The van der Waals surface area contributed by atoms with Gasteiger partial charge in [0.15, 0.2) is 0 Å². The van der Waals surface area contributed by atoms with Crippen molar-refractivity contribution in [3.63, 3.8) is 0 Å². The topological polar surface area (TPSA) is 66.0 Å². The molecule has 0 atom stereocenters. The summed E-state index contributed by atoms with van der Waals surface area (Å²) in [5, 5.41) is 15.6. The number of aliphatic carboxylic acids is 1. The molecule has 4 nitrogen and oxygen atoms in total. The minimum absolute atomic E-state index is 0.182. The molecule has 1 aromatic rings. The van der Waals surface area contributed by atoms with Gasteiger partial charge in [-0.15, -0.1) is 0 Å². The van der Waals surface area contributed by atoms with E-state index in [9.17, 15) is 4.79 Å². The van der Waals surface area contributed by atoms with Crippen molar-refractivity contribution in [1.29, 1.82) is 0 Å². The summed E-state index contributed by atoms with van der Waals surface area (Å²) >= 11 is 0. The van der Waals surface area contributed by atoms with Crippen molar-refractivity contribution in [2.45, 2.75) is 44.4 Å². The molecule has 0 saturated heterocycles. The van der Waals surface area contributed by atoms with E-state index < -0.39 is 5.97 Å². The zero-order chi connectivity index (χ0) is 10.7. The van der Waals surface area contributed by atoms with Gasteiger partial charge in [0.25, 0.3) is 0 Å². The highest BCUT2D eigenvalue weighted by Gasteiger charge is 2.21. The average Bonchev–Trinajstić information content (AvgIpc) is 2.85. The minimum Gasteiger partial charge on any atom is -0.481 e. The van der Waals surface area contributed by atoms with Gasteiger partial charge in [0, 0.05) is 5.69 Å². The van der Waals surface area contributed by atoms with Crippen molar-refractivity contribution in [3.05, 3.63) is 17.5 Å². The van der Waals surface area contributed by atoms with Crippen LogP contribution in [0.15, 0.2) is 6.20 Å². The number of aromatic nitrogens is 2. The second kappa shape index (κ2) is 4.47. The second-order valence-electron chi connectivity index (χ2n) is 4.18. The third kappa shape index (κ3) is 2.37. The number of carbonyl (C=O) groups is 1. The molecule has 0 unspecified atom stereocenters. The van der Waals surface area contributed by atoms with Gasteiger partial charge in [0.2, 0.25) is 0 Å². The summed E-state index contributed by atoms with van der Waals surface area (Å²) in [6.07, 6.45) is 7.64. The van der Waals surface area contributed by atoms with Crippen LogP contribution in [0, 0.1) is 0 Å². The fourth-order valence-electron chi connectivity index (χ4n) is 2.34. The molecule has 1 aliphatic carbocycles. The minimum atomic E-state index is -0.748. The largest absolute Gasteiger partial charge is 0.481 e. The molecule has 2 N–H and O–H groups in total. The maximum atomic E-state index is 10.5. The van der Waals surface area contributed by atoms with Gasteiger partial charge in [0.05, 0.1) is 12.6 Å². The molecule has 4 heteroatoms. The maximum Gasteiger partial charge on any atom is 0.303 e. The number of aromatic amines is 1. The van der Waals surface area contributed by atoms with Gasteiger partial charge in [-0.2, -0.15) is 5.10 Å². The van der Waals surface area contributed by atoms with Gasteiger partial charge in [-0.25, -0.2) is 0 Å². The van der Waals surface area contributed by atoms with E-state index in [1.807, 2.05) is 6.20 Å². The summed E-state index contributed by atoms with van der Waals surface area (Å²) in [5.41, 5.74) is 2.26. The molecule has 2 rings (SSSR count). The molecule has 82 valence electrons. The molecule has 1 saturated carbocycles. The number of H-pyrrole nitrogens is 1. The molecular formula is C11H16N2O2. The molecule has 0 spiro atoms.